The van der Waals surface area contributed by atoms with E-state index in [1.54, 1.807) is 54.6 Å². The second-order valence-electron chi connectivity index (χ2n) is 10.6. The molecule has 0 bridgehead atoms. The van der Waals surface area contributed by atoms with Gasteiger partial charge in [-0.15, -0.1) is 0 Å². The Kier molecular flexibility index (Phi) is 7.97. The number of piperazine rings is 1. The van der Waals surface area contributed by atoms with Crippen LogP contribution in [0.3, 0.4) is 0 Å². The van der Waals surface area contributed by atoms with E-state index in [0.717, 1.165) is 19.2 Å². The van der Waals surface area contributed by atoms with Gasteiger partial charge in [0.1, 0.15) is 11.1 Å². The number of hydrogen-bond acceptors (Lipinski definition) is 8. The van der Waals surface area contributed by atoms with E-state index in [-0.39, 0.29) is 29.2 Å². The van der Waals surface area contributed by atoms with Crippen molar-refractivity contribution in [2.24, 2.45) is 7.05 Å². The number of aryl methyl sites for hydroxylation is 1. The van der Waals surface area contributed by atoms with Crippen molar-refractivity contribution in [3.63, 3.8) is 0 Å². The molecule has 0 radical (unpaired) electrons. The molecule has 1 saturated heterocycles. The minimum Gasteiger partial charge on any atom is -0.438 e. The van der Waals surface area contributed by atoms with Crippen LogP contribution in [0.15, 0.2) is 73.2 Å². The number of alkyl halides is 3. The zero-order valence-corrected chi connectivity index (χ0v) is 24.0. The molecule has 0 spiro atoms. The smallest absolute Gasteiger partial charge is 0.416 e. The lowest BCUT2D eigenvalue weighted by Crippen LogP contribution is -2.44. The molecule has 1 fully saturated rings. The van der Waals surface area contributed by atoms with E-state index in [4.69, 9.17) is 4.74 Å². The lowest BCUT2D eigenvalue weighted by atomic mass is 10.0. The SMILES string of the molecule is CN1CCN(Cc2ccc(NC(=O)c3cccc(Oc4nc(-c5cccnc5)nc5c4cnn5C)c3)cc2C(F)(F)F)CC1. The summed E-state index contributed by atoms with van der Waals surface area (Å²) in [6.45, 7) is 3.17. The number of halogens is 3. The summed E-state index contributed by atoms with van der Waals surface area (Å²) in [5, 5.41) is 7.42. The van der Waals surface area contributed by atoms with E-state index in [1.165, 1.54) is 18.2 Å². The van der Waals surface area contributed by atoms with Crippen LogP contribution in [0.25, 0.3) is 22.4 Å². The largest absolute Gasteiger partial charge is 0.438 e. The first-order valence-corrected chi connectivity index (χ1v) is 13.9. The lowest BCUT2D eigenvalue weighted by Gasteiger charge is -2.33. The van der Waals surface area contributed by atoms with Crippen LogP contribution in [0.4, 0.5) is 18.9 Å². The number of hydrogen-bond donors (Lipinski definition) is 1. The Hall–Kier alpha value is -4.88. The van der Waals surface area contributed by atoms with Crippen molar-refractivity contribution in [2.75, 3.05) is 38.5 Å². The van der Waals surface area contributed by atoms with Crippen molar-refractivity contribution >= 4 is 22.6 Å². The van der Waals surface area contributed by atoms with E-state index in [2.05, 4.69) is 30.3 Å². The summed E-state index contributed by atoms with van der Waals surface area (Å²) in [6.07, 6.45) is 0.294. The number of fused-ring (bicyclic) bond motifs is 1. The molecule has 1 aliphatic heterocycles. The van der Waals surface area contributed by atoms with Gasteiger partial charge in [0.25, 0.3) is 5.91 Å². The number of likely N-dealkylation sites (N-methyl/N-ethyl adjacent to an activating group) is 1. The summed E-state index contributed by atoms with van der Waals surface area (Å²) in [7, 11) is 3.74. The Morgan fingerprint density at radius 2 is 1.80 bits per heavy atom. The van der Waals surface area contributed by atoms with E-state index >= 15 is 0 Å². The number of benzene rings is 2. The molecule has 6 rings (SSSR count). The molecule has 1 N–H and O–H groups in total. The summed E-state index contributed by atoms with van der Waals surface area (Å²) in [5.74, 6) is 0.331. The van der Waals surface area contributed by atoms with Crippen molar-refractivity contribution in [3.8, 4) is 23.0 Å². The zero-order valence-electron chi connectivity index (χ0n) is 24.0. The van der Waals surface area contributed by atoms with Crippen LogP contribution in [-0.4, -0.2) is 73.7 Å². The number of nitrogens with zero attached hydrogens (tertiary/aromatic N) is 7. The highest BCUT2D eigenvalue weighted by atomic mass is 19.4. The number of aromatic nitrogens is 5. The highest BCUT2D eigenvalue weighted by Crippen LogP contribution is 2.35. The molecule has 0 saturated carbocycles. The third-order valence-electron chi connectivity index (χ3n) is 7.45. The van der Waals surface area contributed by atoms with Gasteiger partial charge in [-0.25, -0.2) is 4.98 Å². The highest BCUT2D eigenvalue weighted by molar-refractivity contribution is 6.04. The van der Waals surface area contributed by atoms with Crippen LogP contribution in [0.5, 0.6) is 11.6 Å². The topological polar surface area (TPSA) is 101 Å². The summed E-state index contributed by atoms with van der Waals surface area (Å²) >= 11 is 0. The predicted molar refractivity (Wildman–Crippen MR) is 158 cm³/mol. The van der Waals surface area contributed by atoms with Crippen LogP contribution < -0.4 is 10.1 Å². The quantitative estimate of drug-likeness (QED) is 0.270. The second kappa shape index (κ2) is 12.0. The molecule has 1 aliphatic rings. The molecule has 5 aromatic rings. The molecule has 10 nitrogen and oxygen atoms in total. The second-order valence-corrected chi connectivity index (χ2v) is 10.6. The predicted octanol–water partition coefficient (Wildman–Crippen LogP) is 5.24. The molecule has 0 aliphatic carbocycles. The van der Waals surface area contributed by atoms with Crippen LogP contribution in [0.1, 0.15) is 21.5 Å². The van der Waals surface area contributed by atoms with Crippen LogP contribution in [0.2, 0.25) is 0 Å². The molecule has 2 aromatic carbocycles. The number of anilines is 1. The number of ether oxygens (including phenoxy) is 1. The standard InChI is InChI=1S/C31H29F3N8O2/c1-40-11-13-42(14-12-40)19-22-8-9-23(16-26(22)31(32,33)34)37-29(43)20-5-3-7-24(15-20)44-30-25-18-36-41(2)28(25)38-27(39-30)21-6-4-10-35-17-21/h3-10,15-18H,11-14,19H2,1-2H3,(H,37,43). The van der Waals surface area contributed by atoms with Gasteiger partial charge in [0.05, 0.1) is 11.8 Å². The zero-order chi connectivity index (χ0) is 30.8. The van der Waals surface area contributed by atoms with Gasteiger partial charge in [0.2, 0.25) is 5.88 Å². The first kappa shape index (κ1) is 29.2. The maximum atomic E-state index is 14.0. The van der Waals surface area contributed by atoms with Gasteiger partial charge in [-0.05, 0) is 55.1 Å². The van der Waals surface area contributed by atoms with Gasteiger partial charge in [0, 0.05) is 69.0 Å². The number of carbonyl (C=O) groups excluding carboxylic acids is 1. The monoisotopic (exact) mass is 602 g/mol. The molecule has 1 amide bonds. The number of rotatable bonds is 7. The third-order valence-corrected chi connectivity index (χ3v) is 7.45. The summed E-state index contributed by atoms with van der Waals surface area (Å²) < 4.78 is 49.8. The number of carbonyl (C=O) groups is 1. The van der Waals surface area contributed by atoms with Gasteiger partial charge in [-0.1, -0.05) is 12.1 Å². The normalized spacial score (nSPS) is 14.6. The van der Waals surface area contributed by atoms with Gasteiger partial charge < -0.3 is 15.0 Å². The average molecular weight is 603 g/mol. The molecule has 0 unspecified atom stereocenters. The summed E-state index contributed by atoms with van der Waals surface area (Å²) in [6, 6.07) is 13.8. The first-order chi connectivity index (χ1) is 21.1. The summed E-state index contributed by atoms with van der Waals surface area (Å²) in [4.78, 5) is 30.6. The Morgan fingerprint density at radius 3 is 2.55 bits per heavy atom. The van der Waals surface area contributed by atoms with Crippen LogP contribution >= 0.6 is 0 Å². The molecule has 44 heavy (non-hydrogen) atoms. The average Bonchev–Trinajstić information content (AvgIpc) is 3.39. The Balaban J connectivity index is 1.22. The van der Waals surface area contributed by atoms with Gasteiger partial charge in [0.15, 0.2) is 11.5 Å². The minimum atomic E-state index is -4.57. The van der Waals surface area contributed by atoms with Crippen LogP contribution in [0, 0.1) is 0 Å². The molecular weight excluding hydrogens is 573 g/mol. The molecule has 4 heterocycles. The van der Waals surface area contributed by atoms with Crippen molar-refractivity contribution < 1.29 is 22.7 Å². The van der Waals surface area contributed by atoms with Crippen molar-refractivity contribution in [1.82, 2.24) is 34.5 Å². The van der Waals surface area contributed by atoms with E-state index in [1.807, 2.05) is 18.0 Å². The molecule has 0 atom stereocenters. The Labute approximate surface area is 251 Å². The number of nitrogens with one attached hydrogen (secondary N) is 1. The first-order valence-electron chi connectivity index (χ1n) is 13.9. The van der Waals surface area contributed by atoms with E-state index in [9.17, 15) is 18.0 Å². The molecule has 3 aromatic heterocycles. The van der Waals surface area contributed by atoms with Crippen molar-refractivity contribution in [3.05, 3.63) is 89.9 Å². The number of pyridine rings is 1. The third kappa shape index (κ3) is 6.38. The molecule has 13 heteroatoms. The molecular formula is C31H29F3N8O2. The summed E-state index contributed by atoms with van der Waals surface area (Å²) in [5.41, 5.74) is 0.875. The van der Waals surface area contributed by atoms with Gasteiger partial charge in [-0.3, -0.25) is 19.4 Å². The fraction of sp³-hybridized carbons (Fsp3) is 0.258. The maximum absolute atomic E-state index is 14.0. The van der Waals surface area contributed by atoms with Gasteiger partial charge >= 0.3 is 6.18 Å². The lowest BCUT2D eigenvalue weighted by molar-refractivity contribution is -0.138. The van der Waals surface area contributed by atoms with E-state index < -0.39 is 17.6 Å². The van der Waals surface area contributed by atoms with Crippen molar-refractivity contribution in [2.45, 2.75) is 12.7 Å². The van der Waals surface area contributed by atoms with Crippen LogP contribution in [-0.2, 0) is 19.8 Å². The highest BCUT2D eigenvalue weighted by Gasteiger charge is 2.34. The Bertz CT molecular complexity index is 1800. The van der Waals surface area contributed by atoms with Crippen molar-refractivity contribution in [1.29, 1.82) is 0 Å². The molecule has 226 valence electrons. The minimum absolute atomic E-state index is 0.0461. The van der Waals surface area contributed by atoms with Gasteiger partial charge in [-0.2, -0.15) is 23.3 Å². The maximum Gasteiger partial charge on any atom is 0.416 e. The fourth-order valence-electron chi connectivity index (χ4n) is 5.02. The fourth-order valence-corrected chi connectivity index (χ4v) is 5.02. The van der Waals surface area contributed by atoms with E-state index in [0.29, 0.717) is 41.3 Å². The Morgan fingerprint density at radius 1 is 0.977 bits per heavy atom. The number of amides is 1.